The quantitative estimate of drug-likeness (QED) is 0.827. The standard InChI is InChI=1S/C14H20FNO4S2/c1-2-11-3-4-12(21-11)22(19,20)16-9-14(15)7-5-10(6-8-14)13(17)18/h3-4,10,16H,2,5-9H2,1H3,(H,17,18). The molecule has 0 aliphatic heterocycles. The third-order valence-electron chi connectivity index (χ3n) is 4.06. The molecular weight excluding hydrogens is 329 g/mol. The summed E-state index contributed by atoms with van der Waals surface area (Å²) >= 11 is 1.18. The Morgan fingerprint density at radius 2 is 2.09 bits per heavy atom. The fourth-order valence-electron chi connectivity index (χ4n) is 2.55. The molecule has 1 heterocycles. The summed E-state index contributed by atoms with van der Waals surface area (Å²) in [7, 11) is -3.70. The number of thiophene rings is 1. The van der Waals surface area contributed by atoms with Crippen LogP contribution in [0.15, 0.2) is 16.3 Å². The number of carboxylic acid groups (broad SMARTS) is 1. The summed E-state index contributed by atoms with van der Waals surface area (Å²) in [5.41, 5.74) is -1.66. The van der Waals surface area contributed by atoms with Crippen molar-refractivity contribution in [1.82, 2.24) is 4.72 Å². The number of aryl methyl sites for hydroxylation is 1. The van der Waals surface area contributed by atoms with Crippen molar-refractivity contribution in [3.63, 3.8) is 0 Å². The maximum absolute atomic E-state index is 14.6. The van der Waals surface area contributed by atoms with Crippen LogP contribution in [0.3, 0.4) is 0 Å². The third-order valence-corrected chi connectivity index (χ3v) is 7.18. The van der Waals surface area contributed by atoms with Crippen molar-refractivity contribution >= 4 is 27.3 Å². The van der Waals surface area contributed by atoms with Crippen molar-refractivity contribution in [2.45, 2.75) is 48.9 Å². The number of aliphatic carboxylic acids is 1. The molecule has 0 aromatic carbocycles. The molecule has 1 aromatic rings. The summed E-state index contributed by atoms with van der Waals surface area (Å²) in [6.07, 6.45) is 1.37. The number of hydrogen-bond acceptors (Lipinski definition) is 4. The summed E-state index contributed by atoms with van der Waals surface area (Å²) < 4.78 is 41.4. The Morgan fingerprint density at radius 3 is 2.59 bits per heavy atom. The lowest BCUT2D eigenvalue weighted by Crippen LogP contribution is -2.42. The lowest BCUT2D eigenvalue weighted by atomic mass is 9.80. The van der Waals surface area contributed by atoms with E-state index in [1.54, 1.807) is 6.07 Å². The zero-order valence-electron chi connectivity index (χ0n) is 12.3. The second kappa shape index (κ2) is 6.64. The highest BCUT2D eigenvalue weighted by atomic mass is 32.2. The van der Waals surface area contributed by atoms with Gasteiger partial charge in [0.2, 0.25) is 10.0 Å². The van der Waals surface area contributed by atoms with Crippen molar-refractivity contribution in [3.05, 3.63) is 17.0 Å². The molecule has 1 aliphatic carbocycles. The van der Waals surface area contributed by atoms with E-state index in [0.29, 0.717) is 0 Å². The first-order chi connectivity index (χ1) is 10.3. The predicted molar refractivity (Wildman–Crippen MR) is 82.3 cm³/mol. The molecule has 0 unspecified atom stereocenters. The van der Waals surface area contributed by atoms with E-state index in [0.717, 1.165) is 11.3 Å². The molecule has 0 spiro atoms. The van der Waals surface area contributed by atoms with E-state index in [2.05, 4.69) is 4.72 Å². The average molecular weight is 349 g/mol. The van der Waals surface area contributed by atoms with E-state index in [1.807, 2.05) is 6.92 Å². The van der Waals surface area contributed by atoms with Gasteiger partial charge in [0, 0.05) is 11.4 Å². The molecule has 5 nitrogen and oxygen atoms in total. The smallest absolute Gasteiger partial charge is 0.306 e. The molecule has 0 bridgehead atoms. The van der Waals surface area contributed by atoms with Crippen molar-refractivity contribution in [1.29, 1.82) is 0 Å². The minimum absolute atomic E-state index is 0.0666. The highest BCUT2D eigenvalue weighted by Gasteiger charge is 2.38. The summed E-state index contributed by atoms with van der Waals surface area (Å²) in [5.74, 6) is -1.43. The van der Waals surface area contributed by atoms with Gasteiger partial charge in [-0.15, -0.1) is 11.3 Å². The largest absolute Gasteiger partial charge is 0.481 e. The van der Waals surface area contributed by atoms with Gasteiger partial charge in [0.15, 0.2) is 0 Å². The highest BCUT2D eigenvalue weighted by Crippen LogP contribution is 2.35. The van der Waals surface area contributed by atoms with Crippen LogP contribution in [0.2, 0.25) is 0 Å². The minimum atomic E-state index is -3.70. The van der Waals surface area contributed by atoms with Crippen LogP contribution in [-0.2, 0) is 21.2 Å². The molecule has 0 atom stereocenters. The predicted octanol–water partition coefficient (Wildman–Crippen LogP) is 2.57. The van der Waals surface area contributed by atoms with Crippen LogP contribution < -0.4 is 4.72 Å². The van der Waals surface area contributed by atoms with Gasteiger partial charge in [-0.25, -0.2) is 17.5 Å². The van der Waals surface area contributed by atoms with Crippen molar-refractivity contribution in [2.24, 2.45) is 5.92 Å². The van der Waals surface area contributed by atoms with E-state index in [1.165, 1.54) is 17.4 Å². The Morgan fingerprint density at radius 1 is 1.45 bits per heavy atom. The number of sulfonamides is 1. The third kappa shape index (κ3) is 4.05. The van der Waals surface area contributed by atoms with Crippen LogP contribution in [0.1, 0.15) is 37.5 Å². The van der Waals surface area contributed by atoms with E-state index in [-0.39, 0.29) is 36.4 Å². The van der Waals surface area contributed by atoms with Crippen molar-refractivity contribution in [3.8, 4) is 0 Å². The summed E-state index contributed by atoms with van der Waals surface area (Å²) in [4.78, 5) is 11.8. The number of nitrogens with one attached hydrogen (secondary N) is 1. The van der Waals surface area contributed by atoms with Gasteiger partial charge in [-0.05, 0) is 44.2 Å². The molecule has 1 fully saturated rings. The molecular formula is C14H20FNO4S2. The first kappa shape index (κ1) is 17.4. The summed E-state index contributed by atoms with van der Waals surface area (Å²) in [5, 5.41) is 8.91. The first-order valence-corrected chi connectivity index (χ1v) is 9.56. The number of carboxylic acids is 1. The van der Waals surface area contributed by atoms with E-state index in [4.69, 9.17) is 5.11 Å². The lowest BCUT2D eigenvalue weighted by molar-refractivity contribution is -0.143. The van der Waals surface area contributed by atoms with Crippen LogP contribution in [0.25, 0.3) is 0 Å². The second-order valence-corrected chi connectivity index (χ2v) is 8.82. The highest BCUT2D eigenvalue weighted by molar-refractivity contribution is 7.91. The van der Waals surface area contributed by atoms with E-state index < -0.39 is 27.6 Å². The SMILES string of the molecule is CCc1ccc(S(=O)(=O)NCC2(F)CCC(C(=O)O)CC2)s1. The van der Waals surface area contributed by atoms with Gasteiger partial charge >= 0.3 is 5.97 Å². The number of halogens is 1. The van der Waals surface area contributed by atoms with Gasteiger partial charge in [0.25, 0.3) is 0 Å². The molecule has 0 amide bonds. The van der Waals surface area contributed by atoms with Gasteiger partial charge in [-0.2, -0.15) is 0 Å². The molecule has 0 radical (unpaired) electrons. The minimum Gasteiger partial charge on any atom is -0.481 e. The summed E-state index contributed by atoms with van der Waals surface area (Å²) in [6, 6.07) is 3.28. The van der Waals surface area contributed by atoms with Gasteiger partial charge in [0.05, 0.1) is 5.92 Å². The van der Waals surface area contributed by atoms with Gasteiger partial charge in [-0.3, -0.25) is 4.79 Å². The molecule has 1 aromatic heterocycles. The number of alkyl halides is 1. The van der Waals surface area contributed by atoms with E-state index in [9.17, 15) is 17.6 Å². The first-order valence-electron chi connectivity index (χ1n) is 7.26. The van der Waals surface area contributed by atoms with Crippen molar-refractivity contribution in [2.75, 3.05) is 6.54 Å². The molecule has 1 saturated carbocycles. The molecule has 8 heteroatoms. The summed E-state index contributed by atoms with van der Waals surface area (Å²) in [6.45, 7) is 1.63. The fraction of sp³-hybridized carbons (Fsp3) is 0.643. The van der Waals surface area contributed by atoms with Crippen LogP contribution in [0.4, 0.5) is 4.39 Å². The average Bonchev–Trinajstić information content (AvgIpc) is 2.96. The van der Waals surface area contributed by atoms with Crippen molar-refractivity contribution < 1.29 is 22.7 Å². The zero-order chi connectivity index (χ0) is 16.4. The van der Waals surface area contributed by atoms with Gasteiger partial charge in [0.1, 0.15) is 9.88 Å². The van der Waals surface area contributed by atoms with Crippen LogP contribution >= 0.6 is 11.3 Å². The molecule has 124 valence electrons. The Balaban J connectivity index is 1.95. The molecule has 2 rings (SSSR count). The Bertz CT molecular complexity index is 633. The van der Waals surface area contributed by atoms with Gasteiger partial charge in [-0.1, -0.05) is 6.92 Å². The Hall–Kier alpha value is -0.990. The molecule has 2 N–H and O–H groups in total. The number of carbonyl (C=O) groups is 1. The van der Waals surface area contributed by atoms with E-state index >= 15 is 0 Å². The molecule has 22 heavy (non-hydrogen) atoms. The zero-order valence-corrected chi connectivity index (χ0v) is 14.0. The monoisotopic (exact) mass is 349 g/mol. The lowest BCUT2D eigenvalue weighted by Gasteiger charge is -2.32. The Labute approximate surface area is 133 Å². The normalized spacial score (nSPS) is 26.0. The maximum atomic E-state index is 14.6. The van der Waals surface area contributed by atoms with Gasteiger partial charge < -0.3 is 5.11 Å². The molecule has 1 aliphatic rings. The topological polar surface area (TPSA) is 83.5 Å². The van der Waals surface area contributed by atoms with Crippen LogP contribution in [0.5, 0.6) is 0 Å². The Kier molecular flexibility index (Phi) is 5.24. The second-order valence-electron chi connectivity index (χ2n) is 5.66. The maximum Gasteiger partial charge on any atom is 0.306 e. The number of hydrogen-bond donors (Lipinski definition) is 2. The van der Waals surface area contributed by atoms with Crippen LogP contribution in [0, 0.1) is 5.92 Å². The fourth-order valence-corrected chi connectivity index (χ4v) is 5.00. The number of rotatable bonds is 6. The van der Waals surface area contributed by atoms with Crippen LogP contribution in [-0.4, -0.2) is 31.7 Å². The molecule has 0 saturated heterocycles.